The largest absolute Gasteiger partial charge is 0.484 e. The van der Waals surface area contributed by atoms with Crippen LogP contribution in [0.4, 0.5) is 16.3 Å². The van der Waals surface area contributed by atoms with E-state index in [4.69, 9.17) is 9.47 Å². The van der Waals surface area contributed by atoms with Gasteiger partial charge in [0.25, 0.3) is 5.91 Å². The van der Waals surface area contributed by atoms with Crippen molar-refractivity contribution in [3.05, 3.63) is 48.9 Å². The molecule has 0 aliphatic rings. The number of aromatic nitrogens is 4. The molecule has 2 N–H and O–H groups in total. The van der Waals surface area contributed by atoms with E-state index in [0.29, 0.717) is 23.1 Å². The first kappa shape index (κ1) is 23.7. The lowest BCUT2D eigenvalue weighted by molar-refractivity contribution is -0.123. The normalized spacial score (nSPS) is 11.2. The van der Waals surface area contributed by atoms with Crippen LogP contribution in [-0.2, 0) is 9.53 Å². The Morgan fingerprint density at radius 2 is 1.97 bits per heavy atom. The molecular formula is C23H28N6O4. The second kappa shape index (κ2) is 10.1. The van der Waals surface area contributed by atoms with Crippen LogP contribution in [0.1, 0.15) is 34.6 Å². The van der Waals surface area contributed by atoms with Gasteiger partial charge in [-0.3, -0.25) is 4.79 Å². The molecule has 0 saturated heterocycles. The van der Waals surface area contributed by atoms with E-state index in [-0.39, 0.29) is 18.6 Å². The number of benzene rings is 1. The minimum atomic E-state index is -0.616. The molecule has 0 unspecified atom stereocenters. The first-order valence-electron chi connectivity index (χ1n) is 10.5. The van der Waals surface area contributed by atoms with Crippen molar-refractivity contribution in [3.63, 3.8) is 0 Å². The quantitative estimate of drug-likeness (QED) is 0.556. The molecule has 2 aromatic heterocycles. The number of ether oxygens (including phenoxy) is 2. The van der Waals surface area contributed by atoms with Crippen LogP contribution in [0.3, 0.4) is 0 Å². The molecule has 3 rings (SSSR count). The van der Waals surface area contributed by atoms with Gasteiger partial charge in [-0.2, -0.15) is 9.78 Å². The molecule has 0 radical (unpaired) electrons. The summed E-state index contributed by atoms with van der Waals surface area (Å²) in [5.41, 5.74) is 0.679. The molecule has 33 heavy (non-hydrogen) atoms. The summed E-state index contributed by atoms with van der Waals surface area (Å²) in [4.78, 5) is 32.8. The summed E-state index contributed by atoms with van der Waals surface area (Å²) in [7, 11) is 0. The van der Waals surface area contributed by atoms with Crippen molar-refractivity contribution in [1.82, 2.24) is 25.1 Å². The Kier molecular flexibility index (Phi) is 7.27. The molecule has 10 nitrogen and oxygen atoms in total. The Bertz CT molecular complexity index is 1120. The molecule has 2 heterocycles. The Labute approximate surface area is 192 Å². The Hall–Kier alpha value is -3.95. The summed E-state index contributed by atoms with van der Waals surface area (Å²) in [5.74, 6) is 1.33. The Balaban J connectivity index is 1.68. The minimum absolute atomic E-state index is 0.0484. The van der Waals surface area contributed by atoms with Crippen LogP contribution in [0.25, 0.3) is 11.4 Å². The van der Waals surface area contributed by atoms with E-state index in [1.54, 1.807) is 51.2 Å². The lowest BCUT2D eigenvalue weighted by Gasteiger charge is -2.18. The van der Waals surface area contributed by atoms with Crippen LogP contribution in [0, 0.1) is 0 Å². The molecule has 0 bridgehead atoms. The fourth-order valence-corrected chi connectivity index (χ4v) is 2.75. The topological polar surface area (TPSA) is 120 Å². The smallest absolute Gasteiger partial charge is 0.435 e. The van der Waals surface area contributed by atoms with Gasteiger partial charge in [-0.1, -0.05) is 12.1 Å². The van der Waals surface area contributed by atoms with Gasteiger partial charge in [0.05, 0.1) is 18.1 Å². The predicted octanol–water partition coefficient (Wildman–Crippen LogP) is 3.77. The van der Waals surface area contributed by atoms with E-state index < -0.39 is 11.7 Å². The van der Waals surface area contributed by atoms with Gasteiger partial charge in [0, 0.05) is 17.8 Å². The fraction of sp³-hybridized carbons (Fsp3) is 0.348. The van der Waals surface area contributed by atoms with Gasteiger partial charge < -0.3 is 20.1 Å². The van der Waals surface area contributed by atoms with Crippen molar-refractivity contribution in [3.8, 4) is 17.1 Å². The minimum Gasteiger partial charge on any atom is -0.484 e. The van der Waals surface area contributed by atoms with Crippen LogP contribution in [0.5, 0.6) is 5.75 Å². The third-order valence-corrected chi connectivity index (χ3v) is 4.00. The standard InChI is InChI=1S/C23H28N6O4/c1-15(2)26-20(30)14-32-18-8-6-7-16(11-18)21-24-10-9-19(28-21)27-17-12-25-29(13-17)22(31)33-23(3,4)5/h6-13,15H,14H2,1-5H3,(H,26,30)(H,24,27,28). The molecule has 0 aliphatic carbocycles. The summed E-state index contributed by atoms with van der Waals surface area (Å²) in [6.45, 7) is 9.06. The highest BCUT2D eigenvalue weighted by Gasteiger charge is 2.18. The van der Waals surface area contributed by atoms with E-state index in [9.17, 15) is 9.59 Å². The number of nitrogens with one attached hydrogen (secondary N) is 2. The summed E-state index contributed by atoms with van der Waals surface area (Å²) in [5, 5.41) is 9.90. The molecule has 10 heteroatoms. The molecular weight excluding hydrogens is 424 g/mol. The van der Waals surface area contributed by atoms with Crippen molar-refractivity contribution in [2.75, 3.05) is 11.9 Å². The highest BCUT2D eigenvalue weighted by molar-refractivity contribution is 5.77. The molecule has 1 aromatic carbocycles. The maximum absolute atomic E-state index is 12.1. The zero-order valence-electron chi connectivity index (χ0n) is 19.3. The van der Waals surface area contributed by atoms with E-state index in [1.807, 2.05) is 19.9 Å². The third-order valence-electron chi connectivity index (χ3n) is 4.00. The Morgan fingerprint density at radius 1 is 1.18 bits per heavy atom. The van der Waals surface area contributed by atoms with Crippen LogP contribution >= 0.6 is 0 Å². The average Bonchev–Trinajstić information content (AvgIpc) is 3.20. The highest BCUT2D eigenvalue weighted by Crippen LogP contribution is 2.23. The van der Waals surface area contributed by atoms with E-state index in [0.717, 1.165) is 10.2 Å². The first-order chi connectivity index (χ1) is 15.6. The van der Waals surface area contributed by atoms with Crippen LogP contribution in [0.2, 0.25) is 0 Å². The number of carbonyl (C=O) groups is 2. The number of anilines is 2. The zero-order valence-corrected chi connectivity index (χ0v) is 19.3. The molecule has 0 aliphatic heterocycles. The lowest BCUT2D eigenvalue weighted by atomic mass is 10.2. The van der Waals surface area contributed by atoms with Gasteiger partial charge in [-0.15, -0.1) is 0 Å². The number of amides is 1. The molecule has 0 spiro atoms. The van der Waals surface area contributed by atoms with Gasteiger partial charge >= 0.3 is 6.09 Å². The highest BCUT2D eigenvalue weighted by atomic mass is 16.6. The summed E-state index contributed by atoms with van der Waals surface area (Å²) >= 11 is 0. The molecule has 3 aromatic rings. The summed E-state index contributed by atoms with van der Waals surface area (Å²) in [6, 6.07) is 8.93. The van der Waals surface area contributed by atoms with Crippen molar-refractivity contribution < 1.29 is 19.1 Å². The van der Waals surface area contributed by atoms with Crippen molar-refractivity contribution >= 4 is 23.5 Å². The first-order valence-corrected chi connectivity index (χ1v) is 10.5. The second-order valence-electron chi connectivity index (χ2n) is 8.58. The van der Waals surface area contributed by atoms with Crippen molar-refractivity contribution in [2.45, 2.75) is 46.3 Å². The van der Waals surface area contributed by atoms with Gasteiger partial charge in [0.1, 0.15) is 17.2 Å². The summed E-state index contributed by atoms with van der Waals surface area (Å²) < 4.78 is 12.0. The number of hydrogen-bond donors (Lipinski definition) is 2. The number of rotatable bonds is 7. The van der Waals surface area contributed by atoms with Gasteiger partial charge in [0.2, 0.25) is 0 Å². The van der Waals surface area contributed by atoms with Crippen LogP contribution in [0.15, 0.2) is 48.9 Å². The maximum atomic E-state index is 12.1. The average molecular weight is 453 g/mol. The summed E-state index contributed by atoms with van der Waals surface area (Å²) in [6.07, 6.45) is 4.07. The Morgan fingerprint density at radius 3 is 2.70 bits per heavy atom. The number of hydrogen-bond acceptors (Lipinski definition) is 8. The molecule has 0 fully saturated rings. The number of carbonyl (C=O) groups excluding carboxylic acids is 2. The number of nitrogens with zero attached hydrogens (tertiary/aromatic N) is 4. The molecule has 0 saturated carbocycles. The van der Waals surface area contributed by atoms with Crippen molar-refractivity contribution in [2.24, 2.45) is 0 Å². The predicted molar refractivity (Wildman–Crippen MR) is 123 cm³/mol. The van der Waals surface area contributed by atoms with Crippen molar-refractivity contribution in [1.29, 1.82) is 0 Å². The van der Waals surface area contributed by atoms with Gasteiger partial charge in [0.15, 0.2) is 12.4 Å². The SMILES string of the molecule is CC(C)NC(=O)COc1cccc(-c2nccc(Nc3cnn(C(=O)OC(C)(C)C)c3)n2)c1. The molecule has 1 amide bonds. The third kappa shape index (κ3) is 7.30. The van der Waals surface area contributed by atoms with Gasteiger partial charge in [-0.25, -0.2) is 14.8 Å². The van der Waals surface area contributed by atoms with Crippen LogP contribution in [-0.4, -0.2) is 50.0 Å². The zero-order chi connectivity index (χ0) is 24.0. The second-order valence-corrected chi connectivity index (χ2v) is 8.58. The van der Waals surface area contributed by atoms with E-state index in [2.05, 4.69) is 25.7 Å². The molecule has 174 valence electrons. The van der Waals surface area contributed by atoms with Crippen LogP contribution < -0.4 is 15.4 Å². The van der Waals surface area contributed by atoms with E-state index in [1.165, 1.54) is 12.4 Å². The lowest BCUT2D eigenvalue weighted by Crippen LogP contribution is -2.34. The van der Waals surface area contributed by atoms with Gasteiger partial charge in [-0.05, 0) is 52.8 Å². The molecule has 0 atom stereocenters. The monoisotopic (exact) mass is 452 g/mol. The van der Waals surface area contributed by atoms with E-state index >= 15 is 0 Å². The maximum Gasteiger partial charge on any atom is 0.435 e. The fourth-order valence-electron chi connectivity index (χ4n) is 2.75.